The van der Waals surface area contributed by atoms with Crippen LogP contribution in [0.3, 0.4) is 0 Å². The lowest BCUT2D eigenvalue weighted by Gasteiger charge is -2.39. The van der Waals surface area contributed by atoms with Crippen molar-refractivity contribution in [3.8, 4) is 0 Å². The number of furan rings is 1. The number of benzene rings is 1. The third-order valence-electron chi connectivity index (χ3n) is 7.69. The van der Waals surface area contributed by atoms with Gasteiger partial charge in [0.05, 0.1) is 12.2 Å². The minimum atomic E-state index is -2.68. The van der Waals surface area contributed by atoms with E-state index in [1.165, 1.54) is 0 Å². The molecule has 6 nitrogen and oxygen atoms in total. The van der Waals surface area contributed by atoms with E-state index in [0.717, 1.165) is 5.56 Å². The molecule has 0 saturated heterocycles. The summed E-state index contributed by atoms with van der Waals surface area (Å²) in [6, 6.07) is 5.27. The predicted octanol–water partition coefficient (Wildman–Crippen LogP) is 6.03. The highest BCUT2D eigenvalue weighted by molar-refractivity contribution is 6.74. The van der Waals surface area contributed by atoms with Gasteiger partial charge >= 0.3 is 0 Å². The number of nitrogens with two attached hydrogens (primary N) is 1. The van der Waals surface area contributed by atoms with E-state index in [1.807, 2.05) is 0 Å². The molecule has 1 saturated carbocycles. The van der Waals surface area contributed by atoms with Crippen LogP contribution >= 0.6 is 0 Å². The Balaban J connectivity index is 1.90. The van der Waals surface area contributed by atoms with Gasteiger partial charge in [-0.25, -0.2) is 8.78 Å². The largest absolute Gasteiger partial charge is 0.461 e. The van der Waals surface area contributed by atoms with Crippen molar-refractivity contribution in [3.63, 3.8) is 0 Å². The van der Waals surface area contributed by atoms with Crippen molar-refractivity contribution in [2.45, 2.75) is 95.8 Å². The van der Waals surface area contributed by atoms with E-state index < -0.39 is 31.6 Å². The number of amides is 2. The lowest BCUT2D eigenvalue weighted by molar-refractivity contribution is -0.124. The monoisotopic (exact) mass is 508 g/mol. The van der Waals surface area contributed by atoms with E-state index in [0.29, 0.717) is 29.6 Å². The number of primary amides is 1. The van der Waals surface area contributed by atoms with Crippen LogP contribution in [0.4, 0.5) is 8.78 Å². The molecule has 3 N–H and O–H groups in total. The number of aryl methyl sites for hydroxylation is 1. The Hall–Kier alpha value is -2.26. The van der Waals surface area contributed by atoms with Crippen LogP contribution in [-0.4, -0.2) is 38.2 Å². The highest BCUT2D eigenvalue weighted by atomic mass is 28.4. The summed E-state index contributed by atoms with van der Waals surface area (Å²) >= 11 is 0. The molecule has 1 aliphatic carbocycles. The lowest BCUT2D eigenvalue weighted by Crippen LogP contribution is -2.60. The molecular formula is C26H38F2N2O4Si. The zero-order valence-electron chi connectivity index (χ0n) is 21.8. The molecule has 194 valence electrons. The van der Waals surface area contributed by atoms with Gasteiger partial charge < -0.3 is 19.9 Å². The van der Waals surface area contributed by atoms with Gasteiger partial charge in [-0.3, -0.25) is 9.59 Å². The first kappa shape index (κ1) is 27.3. The van der Waals surface area contributed by atoms with E-state index in [1.54, 1.807) is 32.0 Å². The molecule has 1 aromatic carbocycles. The highest BCUT2D eigenvalue weighted by Gasteiger charge is 2.42. The minimum Gasteiger partial charge on any atom is -0.461 e. The lowest BCUT2D eigenvalue weighted by atomic mass is 9.81. The first-order valence-corrected chi connectivity index (χ1v) is 15.0. The van der Waals surface area contributed by atoms with Crippen LogP contribution in [-0.2, 0) is 9.22 Å². The molecule has 0 radical (unpaired) electrons. The summed E-state index contributed by atoms with van der Waals surface area (Å²) in [6.45, 7) is 13.5. The van der Waals surface area contributed by atoms with Gasteiger partial charge in [-0.2, -0.15) is 0 Å². The van der Waals surface area contributed by atoms with Gasteiger partial charge in [0.2, 0.25) is 11.8 Å². The number of hydrogen-bond acceptors (Lipinski definition) is 4. The Morgan fingerprint density at radius 3 is 2.49 bits per heavy atom. The van der Waals surface area contributed by atoms with Crippen LogP contribution in [0.15, 0.2) is 22.6 Å². The third-order valence-corrected chi connectivity index (χ3v) is 12.2. The molecule has 1 heterocycles. The number of alkyl halides is 2. The van der Waals surface area contributed by atoms with Crippen molar-refractivity contribution in [1.29, 1.82) is 0 Å². The molecule has 0 bridgehead atoms. The van der Waals surface area contributed by atoms with E-state index in [4.69, 9.17) is 14.6 Å². The van der Waals surface area contributed by atoms with E-state index in [2.05, 4.69) is 39.2 Å². The highest BCUT2D eigenvalue weighted by Crippen LogP contribution is 2.43. The average Bonchev–Trinajstić information content (AvgIpc) is 3.05. The zero-order valence-corrected chi connectivity index (χ0v) is 22.8. The summed E-state index contributed by atoms with van der Waals surface area (Å²) in [5.41, 5.74) is 5.76. The molecule has 0 aliphatic heterocycles. The van der Waals surface area contributed by atoms with Gasteiger partial charge in [-0.1, -0.05) is 26.8 Å². The fourth-order valence-electron chi connectivity index (χ4n) is 4.25. The summed E-state index contributed by atoms with van der Waals surface area (Å²) in [5.74, 6) is -3.82. The van der Waals surface area contributed by atoms with Crippen molar-refractivity contribution in [1.82, 2.24) is 5.32 Å². The number of hydrogen-bond donors (Lipinski definition) is 2. The van der Waals surface area contributed by atoms with Crippen LogP contribution < -0.4 is 11.1 Å². The fraction of sp³-hybridized carbons (Fsp3) is 0.615. The summed E-state index contributed by atoms with van der Waals surface area (Å²) in [4.78, 5) is 25.8. The first-order valence-electron chi connectivity index (χ1n) is 12.1. The minimum absolute atomic E-state index is 0.0538. The molecule has 2 amide bonds. The van der Waals surface area contributed by atoms with Crippen LogP contribution in [0.1, 0.15) is 81.0 Å². The van der Waals surface area contributed by atoms with Gasteiger partial charge in [-0.05, 0) is 68.4 Å². The number of carbonyl (C=O) groups excluding carboxylic acids is 2. The van der Waals surface area contributed by atoms with Gasteiger partial charge in [0, 0.05) is 18.2 Å². The second-order valence-electron chi connectivity index (χ2n) is 11.6. The number of nitrogens with one attached hydrogen (secondary N) is 1. The Labute approximate surface area is 207 Å². The van der Waals surface area contributed by atoms with Crippen molar-refractivity contribution >= 4 is 31.1 Å². The topological polar surface area (TPSA) is 94.6 Å². The van der Waals surface area contributed by atoms with Crippen molar-refractivity contribution < 1.29 is 27.2 Å². The van der Waals surface area contributed by atoms with Crippen LogP contribution in [0.5, 0.6) is 0 Å². The molecule has 35 heavy (non-hydrogen) atoms. The standard InChI is InChI=1S/C26H38F2N2O4Si/c1-16-21(22(31)30-25(5,23(29)32)15-33-35(6,7)24(2,3)4)19-13-17(10-11-20(19)34-16)18-9-8-12-26(27,28)14-18/h10-11,13,18H,8-9,12,14-15H2,1-7H3,(H2,29,32)(H,30,31). The molecule has 1 fully saturated rings. The van der Waals surface area contributed by atoms with Gasteiger partial charge in [-0.15, -0.1) is 0 Å². The van der Waals surface area contributed by atoms with Gasteiger partial charge in [0.25, 0.3) is 5.91 Å². The van der Waals surface area contributed by atoms with Crippen molar-refractivity contribution in [3.05, 3.63) is 35.1 Å². The summed E-state index contributed by atoms with van der Waals surface area (Å²) in [5, 5.41) is 3.22. The number of rotatable bonds is 7. The van der Waals surface area contributed by atoms with Gasteiger partial charge in [0.15, 0.2) is 8.32 Å². The first-order chi connectivity index (χ1) is 16.0. The summed E-state index contributed by atoms with van der Waals surface area (Å²) in [6.07, 6.45) is 0.830. The number of carbonyl (C=O) groups is 2. The van der Waals surface area contributed by atoms with Crippen LogP contribution in [0.25, 0.3) is 11.0 Å². The van der Waals surface area contributed by atoms with Crippen molar-refractivity contribution in [2.24, 2.45) is 5.73 Å². The van der Waals surface area contributed by atoms with E-state index >= 15 is 0 Å². The molecule has 1 aliphatic rings. The Bertz CT molecular complexity index is 1120. The van der Waals surface area contributed by atoms with E-state index in [9.17, 15) is 18.4 Å². The molecule has 2 atom stereocenters. The fourth-order valence-corrected chi connectivity index (χ4v) is 5.34. The molecular weight excluding hydrogens is 470 g/mol. The third kappa shape index (κ3) is 5.77. The van der Waals surface area contributed by atoms with Crippen LogP contribution in [0, 0.1) is 6.92 Å². The quantitative estimate of drug-likeness (QED) is 0.447. The Kier molecular flexibility index (Phi) is 7.27. The molecule has 3 rings (SSSR count). The molecule has 2 unspecified atom stereocenters. The Morgan fingerprint density at radius 2 is 1.91 bits per heavy atom. The van der Waals surface area contributed by atoms with Gasteiger partial charge in [0.1, 0.15) is 16.9 Å². The second kappa shape index (κ2) is 9.31. The maximum Gasteiger partial charge on any atom is 0.256 e. The molecule has 0 spiro atoms. The predicted molar refractivity (Wildman–Crippen MR) is 135 cm³/mol. The zero-order chi connectivity index (χ0) is 26.4. The summed E-state index contributed by atoms with van der Waals surface area (Å²) < 4.78 is 40.0. The SMILES string of the molecule is Cc1oc2ccc(C3CCCC(F)(F)C3)cc2c1C(=O)NC(C)(CO[Si](C)(C)C(C)(C)C)C(N)=O. The van der Waals surface area contributed by atoms with Crippen LogP contribution in [0.2, 0.25) is 18.1 Å². The molecule has 1 aromatic heterocycles. The normalized spacial score (nSPS) is 20.4. The maximum atomic E-state index is 14.0. The summed E-state index contributed by atoms with van der Waals surface area (Å²) in [7, 11) is -2.21. The molecule has 9 heteroatoms. The van der Waals surface area contributed by atoms with E-state index in [-0.39, 0.29) is 36.0 Å². The number of fused-ring (bicyclic) bond motifs is 1. The average molecular weight is 509 g/mol. The Morgan fingerprint density at radius 1 is 1.26 bits per heavy atom. The number of halogens is 2. The van der Waals surface area contributed by atoms with Crippen molar-refractivity contribution in [2.75, 3.05) is 6.61 Å². The smallest absolute Gasteiger partial charge is 0.256 e. The second-order valence-corrected chi connectivity index (χ2v) is 16.4. The maximum absolute atomic E-state index is 14.0. The molecule has 2 aromatic rings.